The molecule has 0 aromatic heterocycles. The Hall–Kier alpha value is -0.610. The van der Waals surface area contributed by atoms with Crippen LogP contribution in [0.2, 0.25) is 0 Å². The van der Waals surface area contributed by atoms with E-state index in [-0.39, 0.29) is 11.9 Å². The molecule has 1 saturated heterocycles. The van der Waals surface area contributed by atoms with E-state index in [0.29, 0.717) is 13.0 Å². The normalized spacial score (nSPS) is 40.2. The lowest BCUT2D eigenvalue weighted by atomic mass is 9.79. The zero-order valence-electron chi connectivity index (χ0n) is 8.24. The van der Waals surface area contributed by atoms with Crippen molar-refractivity contribution < 1.29 is 19.4 Å². The lowest BCUT2D eigenvalue weighted by Gasteiger charge is -2.39. The van der Waals surface area contributed by atoms with Crippen LogP contribution in [0.3, 0.4) is 0 Å². The summed E-state index contributed by atoms with van der Waals surface area (Å²) < 4.78 is 9.79. The maximum atomic E-state index is 11.1. The van der Waals surface area contributed by atoms with E-state index in [2.05, 4.69) is 0 Å². The van der Waals surface area contributed by atoms with Crippen molar-refractivity contribution in [2.75, 3.05) is 13.7 Å². The summed E-state index contributed by atoms with van der Waals surface area (Å²) in [5.41, 5.74) is -0.470. The molecule has 4 nitrogen and oxygen atoms in total. The van der Waals surface area contributed by atoms with Crippen LogP contribution in [-0.4, -0.2) is 31.1 Å². The largest absolute Gasteiger partial charge is 0.435 e. The number of hydrogen-bond acceptors (Lipinski definition) is 4. The molecule has 1 N–H and O–H groups in total. The summed E-state index contributed by atoms with van der Waals surface area (Å²) in [6, 6.07) is 0. The van der Waals surface area contributed by atoms with Crippen LogP contribution < -0.4 is 0 Å². The van der Waals surface area contributed by atoms with Gasteiger partial charge in [0, 0.05) is 7.11 Å². The first-order valence-corrected chi connectivity index (χ1v) is 4.37. The summed E-state index contributed by atoms with van der Waals surface area (Å²) in [5.74, 6) is -0.496. The molecule has 0 radical (unpaired) electrons. The third-order valence-corrected chi connectivity index (χ3v) is 2.47. The Labute approximate surface area is 77.8 Å². The Morgan fingerprint density at radius 3 is 2.92 bits per heavy atom. The molecule has 1 heterocycles. The van der Waals surface area contributed by atoms with Gasteiger partial charge in [-0.2, -0.15) is 0 Å². The van der Waals surface area contributed by atoms with E-state index in [0.717, 1.165) is 0 Å². The Kier molecular flexibility index (Phi) is 2.93. The minimum absolute atomic E-state index is 0.163. The molecule has 13 heavy (non-hydrogen) atoms. The van der Waals surface area contributed by atoms with Crippen LogP contribution in [0.1, 0.15) is 20.3 Å². The number of hydrogen-bond donors (Lipinski definition) is 1. The van der Waals surface area contributed by atoms with Gasteiger partial charge >= 0.3 is 5.97 Å². The number of rotatable bonds is 2. The molecular formula is C9H16O4. The Balaban J connectivity index is 2.70. The van der Waals surface area contributed by atoms with Gasteiger partial charge in [-0.25, -0.2) is 0 Å². The number of carbonyl (C=O) groups is 1. The van der Waals surface area contributed by atoms with Crippen molar-refractivity contribution in [3.63, 3.8) is 0 Å². The molecule has 0 amide bonds. The van der Waals surface area contributed by atoms with Crippen LogP contribution in [0.4, 0.5) is 0 Å². The smallest absolute Gasteiger partial charge is 0.310 e. The SMILES string of the molecule is COCC1(C)CC(C)C(=O)OC1O. The van der Waals surface area contributed by atoms with Crippen LogP contribution in [0.5, 0.6) is 0 Å². The van der Waals surface area contributed by atoms with Crippen LogP contribution in [0, 0.1) is 11.3 Å². The van der Waals surface area contributed by atoms with Crippen molar-refractivity contribution in [1.82, 2.24) is 0 Å². The number of cyclic esters (lactones) is 1. The second kappa shape index (κ2) is 3.64. The van der Waals surface area contributed by atoms with Crippen LogP contribution in [0.25, 0.3) is 0 Å². The molecule has 0 aromatic carbocycles. The van der Waals surface area contributed by atoms with Gasteiger partial charge in [-0.1, -0.05) is 13.8 Å². The van der Waals surface area contributed by atoms with Gasteiger partial charge in [0.05, 0.1) is 17.9 Å². The predicted molar refractivity (Wildman–Crippen MR) is 45.9 cm³/mol. The first kappa shape index (κ1) is 10.5. The quantitative estimate of drug-likeness (QED) is 0.643. The molecular weight excluding hydrogens is 172 g/mol. The Bertz CT molecular complexity index is 204. The van der Waals surface area contributed by atoms with E-state index >= 15 is 0 Å². The van der Waals surface area contributed by atoms with Gasteiger partial charge in [-0.3, -0.25) is 4.79 Å². The summed E-state index contributed by atoms with van der Waals surface area (Å²) >= 11 is 0. The van der Waals surface area contributed by atoms with Gasteiger partial charge in [0.25, 0.3) is 0 Å². The molecule has 0 aromatic rings. The van der Waals surface area contributed by atoms with Gasteiger partial charge < -0.3 is 14.6 Å². The summed E-state index contributed by atoms with van der Waals surface area (Å²) in [4.78, 5) is 11.1. The monoisotopic (exact) mass is 188 g/mol. The van der Waals surface area contributed by atoms with Gasteiger partial charge in [0.1, 0.15) is 0 Å². The molecule has 0 saturated carbocycles. The van der Waals surface area contributed by atoms with Crippen molar-refractivity contribution in [2.45, 2.75) is 26.6 Å². The molecule has 0 aliphatic carbocycles. The average molecular weight is 188 g/mol. The van der Waals surface area contributed by atoms with E-state index < -0.39 is 11.7 Å². The van der Waals surface area contributed by atoms with Gasteiger partial charge in [0.2, 0.25) is 6.29 Å². The minimum atomic E-state index is -1.05. The zero-order chi connectivity index (χ0) is 10.1. The van der Waals surface area contributed by atoms with E-state index in [1.165, 1.54) is 0 Å². The summed E-state index contributed by atoms with van der Waals surface area (Å²) in [7, 11) is 1.57. The summed E-state index contributed by atoms with van der Waals surface area (Å²) in [5, 5.41) is 9.52. The van der Waals surface area contributed by atoms with Crippen LogP contribution in [0.15, 0.2) is 0 Å². The standard InChI is InChI=1S/C9H16O4/c1-6-4-9(2,5-12-3)8(11)13-7(6)10/h6,8,11H,4-5H2,1-3H3. The van der Waals surface area contributed by atoms with Crippen molar-refractivity contribution in [3.8, 4) is 0 Å². The lowest BCUT2D eigenvalue weighted by molar-refractivity contribution is -0.222. The van der Waals surface area contributed by atoms with Crippen molar-refractivity contribution >= 4 is 5.97 Å². The van der Waals surface area contributed by atoms with Crippen LogP contribution >= 0.6 is 0 Å². The number of ether oxygens (including phenoxy) is 2. The Morgan fingerprint density at radius 2 is 2.38 bits per heavy atom. The lowest BCUT2D eigenvalue weighted by Crippen LogP contribution is -2.47. The molecule has 1 rings (SSSR count). The molecule has 1 fully saturated rings. The highest BCUT2D eigenvalue weighted by molar-refractivity contribution is 5.73. The highest BCUT2D eigenvalue weighted by Crippen LogP contribution is 2.36. The molecule has 1 aliphatic heterocycles. The van der Waals surface area contributed by atoms with Crippen molar-refractivity contribution in [1.29, 1.82) is 0 Å². The maximum absolute atomic E-state index is 11.1. The van der Waals surface area contributed by atoms with E-state index in [9.17, 15) is 9.90 Å². The third-order valence-electron chi connectivity index (χ3n) is 2.47. The fourth-order valence-electron chi connectivity index (χ4n) is 1.71. The maximum Gasteiger partial charge on any atom is 0.310 e. The van der Waals surface area contributed by atoms with E-state index in [1.54, 1.807) is 14.0 Å². The molecule has 3 atom stereocenters. The topological polar surface area (TPSA) is 55.8 Å². The number of carbonyl (C=O) groups excluding carboxylic acids is 1. The highest BCUT2D eigenvalue weighted by atomic mass is 16.6. The molecule has 76 valence electrons. The number of methoxy groups -OCH3 is 1. The highest BCUT2D eigenvalue weighted by Gasteiger charge is 2.43. The van der Waals surface area contributed by atoms with Crippen molar-refractivity contribution in [3.05, 3.63) is 0 Å². The predicted octanol–water partition coefficient (Wildman–Crippen LogP) is 0.540. The second-order valence-electron chi connectivity index (χ2n) is 3.98. The van der Waals surface area contributed by atoms with Gasteiger partial charge in [0.15, 0.2) is 0 Å². The Morgan fingerprint density at radius 1 is 1.77 bits per heavy atom. The first-order chi connectivity index (χ1) is 5.99. The van der Waals surface area contributed by atoms with E-state index in [4.69, 9.17) is 9.47 Å². The van der Waals surface area contributed by atoms with Gasteiger partial charge in [-0.05, 0) is 6.42 Å². The number of aliphatic hydroxyl groups is 1. The molecule has 3 unspecified atom stereocenters. The van der Waals surface area contributed by atoms with Crippen LogP contribution in [-0.2, 0) is 14.3 Å². The fraction of sp³-hybridized carbons (Fsp3) is 0.889. The molecule has 0 bridgehead atoms. The summed E-state index contributed by atoms with van der Waals surface area (Å²) in [6.45, 7) is 4.04. The fourth-order valence-corrected chi connectivity index (χ4v) is 1.71. The second-order valence-corrected chi connectivity index (χ2v) is 3.98. The molecule has 0 spiro atoms. The zero-order valence-corrected chi connectivity index (χ0v) is 8.24. The van der Waals surface area contributed by atoms with Gasteiger partial charge in [-0.15, -0.1) is 0 Å². The first-order valence-electron chi connectivity index (χ1n) is 4.37. The van der Waals surface area contributed by atoms with Crippen molar-refractivity contribution in [2.24, 2.45) is 11.3 Å². The van der Waals surface area contributed by atoms with E-state index in [1.807, 2.05) is 6.92 Å². The minimum Gasteiger partial charge on any atom is -0.435 e. The molecule has 1 aliphatic rings. The molecule has 4 heteroatoms. The number of esters is 1. The average Bonchev–Trinajstić information content (AvgIpc) is 2.02. The number of aliphatic hydroxyl groups excluding tert-OH is 1. The third kappa shape index (κ3) is 2.00. The summed E-state index contributed by atoms with van der Waals surface area (Å²) in [6.07, 6.45) is -0.447.